The third-order valence-corrected chi connectivity index (χ3v) is 3.58. The van der Waals surface area contributed by atoms with Crippen LogP contribution in [0.25, 0.3) is 0 Å². The summed E-state index contributed by atoms with van der Waals surface area (Å²) in [6, 6.07) is 8.11. The molecule has 17 heavy (non-hydrogen) atoms. The second kappa shape index (κ2) is 5.52. The van der Waals surface area contributed by atoms with E-state index in [4.69, 9.17) is 16.7 Å². The van der Waals surface area contributed by atoms with Gasteiger partial charge in [-0.3, -0.25) is 9.69 Å². The van der Waals surface area contributed by atoms with Gasteiger partial charge in [-0.2, -0.15) is 0 Å². The van der Waals surface area contributed by atoms with Crippen LogP contribution in [-0.4, -0.2) is 29.1 Å². The molecule has 4 heteroatoms. The Balaban J connectivity index is 2.09. The van der Waals surface area contributed by atoms with E-state index in [1.54, 1.807) is 0 Å². The maximum Gasteiger partial charge on any atom is 0.304 e. The van der Waals surface area contributed by atoms with Gasteiger partial charge >= 0.3 is 5.97 Å². The average molecular weight is 254 g/mol. The smallest absolute Gasteiger partial charge is 0.304 e. The van der Waals surface area contributed by atoms with E-state index in [1.165, 1.54) is 0 Å². The third-order valence-electron chi connectivity index (χ3n) is 3.24. The lowest BCUT2D eigenvalue weighted by Crippen LogP contribution is -2.26. The molecule has 0 amide bonds. The van der Waals surface area contributed by atoms with Gasteiger partial charge < -0.3 is 5.11 Å². The standard InChI is InChI=1S/C13H16ClNO2/c14-11-5-2-1-4-10(11)12-6-3-8-15(12)9-7-13(16)17/h1-2,4-5,12H,3,6-9H2,(H,16,17)/t12-/m1/s1. The lowest BCUT2D eigenvalue weighted by molar-refractivity contribution is -0.137. The maximum absolute atomic E-state index is 10.6. The molecule has 0 unspecified atom stereocenters. The highest BCUT2D eigenvalue weighted by Crippen LogP contribution is 2.35. The highest BCUT2D eigenvalue weighted by atomic mass is 35.5. The Morgan fingerprint density at radius 2 is 2.24 bits per heavy atom. The summed E-state index contributed by atoms with van der Waals surface area (Å²) in [6.45, 7) is 1.56. The first-order valence-electron chi connectivity index (χ1n) is 5.89. The van der Waals surface area contributed by atoms with Crippen molar-refractivity contribution in [3.05, 3.63) is 34.9 Å². The number of likely N-dealkylation sites (tertiary alicyclic amines) is 1. The summed E-state index contributed by atoms with van der Waals surface area (Å²) in [7, 11) is 0. The zero-order valence-corrected chi connectivity index (χ0v) is 10.4. The molecule has 1 saturated heterocycles. The molecule has 0 saturated carbocycles. The lowest BCUT2D eigenvalue weighted by atomic mass is 10.0. The number of benzene rings is 1. The predicted octanol–water partition coefficient (Wildman–Crippen LogP) is 2.95. The summed E-state index contributed by atoms with van der Waals surface area (Å²) in [5.74, 6) is -0.741. The Kier molecular flexibility index (Phi) is 4.02. The number of nitrogens with zero attached hydrogens (tertiary/aromatic N) is 1. The minimum absolute atomic E-state index is 0.195. The molecular formula is C13H16ClNO2. The molecule has 1 N–H and O–H groups in total. The van der Waals surface area contributed by atoms with Crippen molar-refractivity contribution >= 4 is 17.6 Å². The summed E-state index contributed by atoms with van der Waals surface area (Å²) >= 11 is 6.19. The van der Waals surface area contributed by atoms with Crippen LogP contribution in [0.2, 0.25) is 5.02 Å². The van der Waals surface area contributed by atoms with Crippen LogP contribution in [0.15, 0.2) is 24.3 Å². The molecule has 1 fully saturated rings. The first kappa shape index (κ1) is 12.4. The lowest BCUT2D eigenvalue weighted by Gasteiger charge is -2.24. The quantitative estimate of drug-likeness (QED) is 0.897. The molecule has 1 aliphatic heterocycles. The van der Waals surface area contributed by atoms with Crippen molar-refractivity contribution in [2.75, 3.05) is 13.1 Å². The molecule has 0 radical (unpaired) electrons. The van der Waals surface area contributed by atoms with E-state index in [2.05, 4.69) is 4.90 Å². The Morgan fingerprint density at radius 1 is 1.47 bits per heavy atom. The number of rotatable bonds is 4. The van der Waals surface area contributed by atoms with E-state index in [-0.39, 0.29) is 12.5 Å². The van der Waals surface area contributed by atoms with Gasteiger partial charge in [-0.1, -0.05) is 29.8 Å². The Hall–Kier alpha value is -1.06. The van der Waals surface area contributed by atoms with Crippen molar-refractivity contribution < 1.29 is 9.90 Å². The molecule has 92 valence electrons. The second-order valence-electron chi connectivity index (χ2n) is 4.36. The molecule has 1 aromatic carbocycles. The Bertz CT molecular complexity index is 408. The number of aliphatic carboxylic acids is 1. The van der Waals surface area contributed by atoms with Gasteiger partial charge in [0.2, 0.25) is 0 Å². The molecular weight excluding hydrogens is 238 g/mol. The van der Waals surface area contributed by atoms with Crippen molar-refractivity contribution in [3.63, 3.8) is 0 Å². The second-order valence-corrected chi connectivity index (χ2v) is 4.77. The fraction of sp³-hybridized carbons (Fsp3) is 0.462. The van der Waals surface area contributed by atoms with Crippen LogP contribution in [0, 0.1) is 0 Å². The highest BCUT2D eigenvalue weighted by molar-refractivity contribution is 6.31. The minimum Gasteiger partial charge on any atom is -0.481 e. The summed E-state index contributed by atoms with van der Waals surface area (Å²) in [4.78, 5) is 12.8. The van der Waals surface area contributed by atoms with E-state index >= 15 is 0 Å². The van der Waals surface area contributed by atoms with Crippen LogP contribution < -0.4 is 0 Å². The number of halogens is 1. The predicted molar refractivity (Wildman–Crippen MR) is 67.3 cm³/mol. The van der Waals surface area contributed by atoms with Gasteiger partial charge in [0.25, 0.3) is 0 Å². The molecule has 0 aromatic heterocycles. The van der Waals surface area contributed by atoms with E-state index in [9.17, 15) is 4.79 Å². The van der Waals surface area contributed by atoms with Gasteiger partial charge in [-0.05, 0) is 31.0 Å². The third kappa shape index (κ3) is 2.99. The molecule has 3 nitrogen and oxygen atoms in total. The van der Waals surface area contributed by atoms with Crippen molar-refractivity contribution in [1.29, 1.82) is 0 Å². The fourth-order valence-corrected chi connectivity index (χ4v) is 2.69. The number of hydrogen-bond donors (Lipinski definition) is 1. The normalized spacial score (nSPS) is 20.6. The fourth-order valence-electron chi connectivity index (χ4n) is 2.43. The average Bonchev–Trinajstić information content (AvgIpc) is 2.75. The van der Waals surface area contributed by atoms with Crippen molar-refractivity contribution in [2.45, 2.75) is 25.3 Å². The summed E-state index contributed by atoms with van der Waals surface area (Å²) in [6.07, 6.45) is 2.36. The van der Waals surface area contributed by atoms with Crippen molar-refractivity contribution in [1.82, 2.24) is 4.90 Å². The number of hydrogen-bond acceptors (Lipinski definition) is 2. The monoisotopic (exact) mass is 253 g/mol. The van der Waals surface area contributed by atoms with Gasteiger partial charge in [-0.25, -0.2) is 0 Å². The van der Waals surface area contributed by atoms with E-state index in [0.717, 1.165) is 30.0 Å². The van der Waals surface area contributed by atoms with E-state index in [1.807, 2.05) is 24.3 Å². The first-order valence-corrected chi connectivity index (χ1v) is 6.26. The zero-order valence-electron chi connectivity index (χ0n) is 9.60. The van der Waals surface area contributed by atoms with Crippen LogP contribution in [-0.2, 0) is 4.79 Å². The van der Waals surface area contributed by atoms with Crippen LogP contribution >= 0.6 is 11.6 Å². The van der Waals surface area contributed by atoms with Crippen molar-refractivity contribution in [3.8, 4) is 0 Å². The molecule has 1 aromatic rings. The molecule has 0 aliphatic carbocycles. The first-order chi connectivity index (χ1) is 8.18. The topological polar surface area (TPSA) is 40.5 Å². The maximum atomic E-state index is 10.6. The summed E-state index contributed by atoms with van der Waals surface area (Å²) in [5, 5.41) is 9.51. The van der Waals surface area contributed by atoms with Crippen LogP contribution in [0.5, 0.6) is 0 Å². The van der Waals surface area contributed by atoms with Crippen LogP contribution in [0.1, 0.15) is 30.9 Å². The van der Waals surface area contributed by atoms with Crippen LogP contribution in [0.4, 0.5) is 0 Å². The molecule has 1 aliphatic rings. The Morgan fingerprint density at radius 3 is 2.94 bits per heavy atom. The number of carboxylic acid groups (broad SMARTS) is 1. The summed E-state index contributed by atoms with van der Waals surface area (Å²) < 4.78 is 0. The SMILES string of the molecule is O=C(O)CCN1CCC[C@@H]1c1ccccc1Cl. The minimum atomic E-state index is -0.741. The molecule has 2 rings (SSSR count). The molecule has 1 heterocycles. The number of carboxylic acids is 1. The van der Waals surface area contributed by atoms with Gasteiger partial charge in [0, 0.05) is 17.6 Å². The Labute approximate surface area is 106 Å². The molecule has 0 bridgehead atoms. The van der Waals surface area contributed by atoms with Gasteiger partial charge in [0.15, 0.2) is 0 Å². The highest BCUT2D eigenvalue weighted by Gasteiger charge is 2.27. The van der Waals surface area contributed by atoms with Crippen molar-refractivity contribution in [2.24, 2.45) is 0 Å². The van der Waals surface area contributed by atoms with Gasteiger partial charge in [0.1, 0.15) is 0 Å². The van der Waals surface area contributed by atoms with Gasteiger partial charge in [-0.15, -0.1) is 0 Å². The van der Waals surface area contributed by atoms with E-state index < -0.39 is 5.97 Å². The van der Waals surface area contributed by atoms with Gasteiger partial charge in [0.05, 0.1) is 6.42 Å². The summed E-state index contributed by atoms with van der Waals surface area (Å²) in [5.41, 5.74) is 1.12. The zero-order chi connectivity index (χ0) is 12.3. The van der Waals surface area contributed by atoms with Crippen LogP contribution in [0.3, 0.4) is 0 Å². The van der Waals surface area contributed by atoms with E-state index in [0.29, 0.717) is 6.54 Å². The molecule has 0 spiro atoms. The largest absolute Gasteiger partial charge is 0.481 e. The number of carbonyl (C=O) groups is 1. The molecule has 1 atom stereocenters.